The second-order valence-corrected chi connectivity index (χ2v) is 4.93. The second-order valence-electron chi connectivity index (χ2n) is 4.93. The lowest BCUT2D eigenvalue weighted by atomic mass is 9.80. The van der Waals surface area contributed by atoms with Crippen LogP contribution in [0.1, 0.15) is 57.8 Å². The van der Waals surface area contributed by atoms with E-state index < -0.39 is 0 Å². The van der Waals surface area contributed by atoms with Crippen LogP contribution in [0.15, 0.2) is 0 Å². The van der Waals surface area contributed by atoms with Gasteiger partial charge in [0.05, 0.1) is 6.10 Å². The zero-order valence-corrected chi connectivity index (χ0v) is 8.54. The summed E-state index contributed by atoms with van der Waals surface area (Å²) in [5.41, 5.74) is 0. The smallest absolute Gasteiger partial charge is 0.0596 e. The Labute approximate surface area is 81.5 Å². The Morgan fingerprint density at radius 3 is 1.54 bits per heavy atom. The highest BCUT2D eigenvalue weighted by Crippen LogP contribution is 2.36. The van der Waals surface area contributed by atoms with Gasteiger partial charge in [-0.2, -0.15) is 0 Å². The highest BCUT2D eigenvalue weighted by atomic mass is 16.3. The second kappa shape index (κ2) is 4.45. The van der Waals surface area contributed by atoms with Crippen LogP contribution in [0, 0.1) is 11.8 Å². The maximum atomic E-state index is 10.2. The van der Waals surface area contributed by atoms with Crippen LogP contribution in [0.4, 0.5) is 0 Å². The normalized spacial score (nSPS) is 29.3. The molecule has 2 rings (SSSR count). The molecule has 0 aromatic rings. The molecule has 0 amide bonds. The summed E-state index contributed by atoms with van der Waals surface area (Å²) in [4.78, 5) is 0. The Balaban J connectivity index is 1.83. The molecule has 0 bridgehead atoms. The average molecular weight is 182 g/mol. The number of hydrogen-bond acceptors (Lipinski definition) is 1. The van der Waals surface area contributed by atoms with Crippen LogP contribution in [0.5, 0.6) is 0 Å². The van der Waals surface area contributed by atoms with Crippen molar-refractivity contribution < 1.29 is 5.11 Å². The molecule has 1 nitrogen and oxygen atoms in total. The van der Waals surface area contributed by atoms with Crippen molar-refractivity contribution >= 4 is 0 Å². The molecule has 0 radical (unpaired) electrons. The Morgan fingerprint density at radius 2 is 1.08 bits per heavy atom. The monoisotopic (exact) mass is 182 g/mol. The third kappa shape index (κ3) is 2.25. The quantitative estimate of drug-likeness (QED) is 0.695. The summed E-state index contributed by atoms with van der Waals surface area (Å²) in [5, 5.41) is 10.2. The minimum Gasteiger partial charge on any atom is -0.393 e. The van der Waals surface area contributed by atoms with E-state index in [-0.39, 0.29) is 6.10 Å². The molecule has 2 fully saturated rings. The standard InChI is InChI=1S/C12H22O/c13-12(11-8-4-5-9-11)10-6-2-1-3-7-10/h10-13H,1-9H2. The molecule has 0 heterocycles. The molecule has 1 unspecified atom stereocenters. The third-order valence-electron chi connectivity index (χ3n) is 4.02. The highest BCUT2D eigenvalue weighted by Gasteiger charge is 2.30. The highest BCUT2D eigenvalue weighted by molar-refractivity contribution is 4.81. The largest absolute Gasteiger partial charge is 0.393 e. The van der Waals surface area contributed by atoms with E-state index in [9.17, 15) is 5.11 Å². The van der Waals surface area contributed by atoms with Gasteiger partial charge in [-0.3, -0.25) is 0 Å². The lowest BCUT2D eigenvalue weighted by molar-refractivity contribution is 0.0356. The molecule has 0 aromatic heterocycles. The van der Waals surface area contributed by atoms with Gasteiger partial charge in [-0.15, -0.1) is 0 Å². The van der Waals surface area contributed by atoms with Gasteiger partial charge in [-0.05, 0) is 37.5 Å². The topological polar surface area (TPSA) is 20.2 Å². The molecule has 0 spiro atoms. The summed E-state index contributed by atoms with van der Waals surface area (Å²) in [7, 11) is 0. The molecule has 1 heteroatoms. The van der Waals surface area contributed by atoms with Crippen molar-refractivity contribution in [3.63, 3.8) is 0 Å². The van der Waals surface area contributed by atoms with E-state index in [1.807, 2.05) is 0 Å². The first-order valence-corrected chi connectivity index (χ1v) is 6.06. The predicted octanol–water partition coefficient (Wildman–Crippen LogP) is 3.12. The van der Waals surface area contributed by atoms with E-state index in [2.05, 4.69) is 0 Å². The lowest BCUT2D eigenvalue weighted by Gasteiger charge is -2.30. The van der Waals surface area contributed by atoms with Gasteiger partial charge in [0.1, 0.15) is 0 Å². The fourth-order valence-electron chi connectivity index (χ4n) is 3.16. The summed E-state index contributed by atoms with van der Waals surface area (Å²) in [5.74, 6) is 1.31. The van der Waals surface area contributed by atoms with Crippen molar-refractivity contribution in [1.82, 2.24) is 0 Å². The van der Waals surface area contributed by atoms with Crippen molar-refractivity contribution in [2.45, 2.75) is 63.9 Å². The first-order valence-electron chi connectivity index (χ1n) is 6.06. The van der Waals surface area contributed by atoms with Crippen LogP contribution in [0.3, 0.4) is 0 Å². The maximum absolute atomic E-state index is 10.2. The first-order chi connectivity index (χ1) is 6.38. The Morgan fingerprint density at radius 1 is 0.692 bits per heavy atom. The Hall–Kier alpha value is -0.0400. The predicted molar refractivity (Wildman–Crippen MR) is 54.5 cm³/mol. The van der Waals surface area contributed by atoms with E-state index in [1.54, 1.807) is 0 Å². The van der Waals surface area contributed by atoms with E-state index in [0.29, 0.717) is 11.8 Å². The molecule has 76 valence electrons. The van der Waals surface area contributed by atoms with Crippen molar-refractivity contribution in [1.29, 1.82) is 0 Å². The molecule has 0 saturated heterocycles. The first kappa shape index (κ1) is 9.51. The molecule has 0 aliphatic heterocycles. The van der Waals surface area contributed by atoms with Gasteiger partial charge in [0.25, 0.3) is 0 Å². The van der Waals surface area contributed by atoms with Crippen LogP contribution < -0.4 is 0 Å². The van der Waals surface area contributed by atoms with Gasteiger partial charge in [0.15, 0.2) is 0 Å². The number of aliphatic hydroxyl groups excluding tert-OH is 1. The van der Waals surface area contributed by atoms with Gasteiger partial charge in [0, 0.05) is 0 Å². The van der Waals surface area contributed by atoms with Crippen LogP contribution in [-0.2, 0) is 0 Å². The van der Waals surface area contributed by atoms with Gasteiger partial charge in [0.2, 0.25) is 0 Å². The van der Waals surface area contributed by atoms with Crippen molar-refractivity contribution in [3.05, 3.63) is 0 Å². The van der Waals surface area contributed by atoms with Crippen LogP contribution >= 0.6 is 0 Å². The van der Waals surface area contributed by atoms with Gasteiger partial charge in [-0.25, -0.2) is 0 Å². The van der Waals surface area contributed by atoms with Gasteiger partial charge < -0.3 is 5.11 Å². The molecular formula is C12H22O. The minimum absolute atomic E-state index is 0.0443. The fourth-order valence-corrected chi connectivity index (χ4v) is 3.16. The molecule has 2 aliphatic rings. The van der Waals surface area contributed by atoms with Crippen LogP contribution in [0.2, 0.25) is 0 Å². The third-order valence-corrected chi connectivity index (χ3v) is 4.02. The lowest BCUT2D eigenvalue weighted by Crippen LogP contribution is -2.29. The van der Waals surface area contributed by atoms with Crippen LogP contribution in [-0.4, -0.2) is 11.2 Å². The SMILES string of the molecule is OC(C1CCCCC1)C1CCCC1. The minimum atomic E-state index is 0.0443. The van der Waals surface area contributed by atoms with E-state index in [4.69, 9.17) is 0 Å². The zero-order chi connectivity index (χ0) is 9.10. The van der Waals surface area contributed by atoms with Crippen molar-refractivity contribution in [2.75, 3.05) is 0 Å². The Kier molecular flexibility index (Phi) is 3.26. The molecule has 13 heavy (non-hydrogen) atoms. The molecular weight excluding hydrogens is 160 g/mol. The number of aliphatic hydroxyl groups is 1. The Bertz CT molecular complexity index is 143. The maximum Gasteiger partial charge on any atom is 0.0596 e. The summed E-state index contributed by atoms with van der Waals surface area (Å²) >= 11 is 0. The van der Waals surface area contributed by atoms with Crippen LogP contribution in [0.25, 0.3) is 0 Å². The average Bonchev–Trinajstić information content (AvgIpc) is 2.71. The summed E-state index contributed by atoms with van der Waals surface area (Å²) in [6, 6.07) is 0. The summed E-state index contributed by atoms with van der Waals surface area (Å²) < 4.78 is 0. The van der Waals surface area contributed by atoms with Gasteiger partial charge >= 0.3 is 0 Å². The molecule has 2 aliphatic carbocycles. The zero-order valence-electron chi connectivity index (χ0n) is 8.54. The molecule has 0 aromatic carbocycles. The summed E-state index contributed by atoms with van der Waals surface area (Å²) in [6.07, 6.45) is 12.0. The summed E-state index contributed by atoms with van der Waals surface area (Å²) in [6.45, 7) is 0. The van der Waals surface area contributed by atoms with Gasteiger partial charge in [-0.1, -0.05) is 32.1 Å². The van der Waals surface area contributed by atoms with E-state index >= 15 is 0 Å². The number of hydrogen-bond donors (Lipinski definition) is 1. The molecule has 1 atom stereocenters. The molecule has 1 N–H and O–H groups in total. The van der Waals surface area contributed by atoms with E-state index in [0.717, 1.165) is 0 Å². The van der Waals surface area contributed by atoms with Crippen molar-refractivity contribution in [3.8, 4) is 0 Å². The van der Waals surface area contributed by atoms with E-state index in [1.165, 1.54) is 57.8 Å². The molecule has 2 saturated carbocycles. The fraction of sp³-hybridized carbons (Fsp3) is 1.00. The van der Waals surface area contributed by atoms with Crippen molar-refractivity contribution in [2.24, 2.45) is 11.8 Å². The number of rotatable bonds is 2.